The standard InChI is InChI=1S/C26H24O3/c1-26(2)14-19(27)25-22(15-26)29-21-13-12-16-8-4-5-9-17(16)23(21)24(25)18-10-6-7-11-20(18)28-3/h4-13,24H,14-15H2,1-3H3. The first-order chi connectivity index (χ1) is 14.0. The molecule has 0 saturated carbocycles. The maximum atomic E-state index is 13.4. The Morgan fingerprint density at radius 2 is 1.72 bits per heavy atom. The van der Waals surface area contributed by atoms with E-state index >= 15 is 0 Å². The third kappa shape index (κ3) is 2.84. The third-order valence-electron chi connectivity index (χ3n) is 6.07. The fourth-order valence-corrected chi connectivity index (χ4v) is 4.85. The average molecular weight is 384 g/mol. The first kappa shape index (κ1) is 18.0. The molecule has 0 bridgehead atoms. The van der Waals surface area contributed by atoms with Crippen LogP contribution in [0, 0.1) is 5.41 Å². The van der Waals surface area contributed by atoms with Gasteiger partial charge in [-0.3, -0.25) is 4.79 Å². The van der Waals surface area contributed by atoms with E-state index in [-0.39, 0.29) is 17.1 Å². The van der Waals surface area contributed by atoms with Gasteiger partial charge in [0, 0.05) is 35.5 Å². The molecule has 3 nitrogen and oxygen atoms in total. The highest BCUT2D eigenvalue weighted by molar-refractivity contribution is 6.02. The van der Waals surface area contributed by atoms with Crippen molar-refractivity contribution in [1.82, 2.24) is 0 Å². The number of hydrogen-bond donors (Lipinski definition) is 0. The minimum absolute atomic E-state index is 0.102. The molecule has 3 aromatic rings. The van der Waals surface area contributed by atoms with E-state index < -0.39 is 0 Å². The highest BCUT2D eigenvalue weighted by Crippen LogP contribution is 2.53. The number of para-hydroxylation sites is 1. The molecular formula is C26H24O3. The van der Waals surface area contributed by atoms with Crippen molar-refractivity contribution in [3.63, 3.8) is 0 Å². The summed E-state index contributed by atoms with van der Waals surface area (Å²) in [5.41, 5.74) is 2.75. The van der Waals surface area contributed by atoms with Crippen LogP contribution in [0.3, 0.4) is 0 Å². The number of hydrogen-bond acceptors (Lipinski definition) is 3. The summed E-state index contributed by atoms with van der Waals surface area (Å²) < 4.78 is 12.1. The van der Waals surface area contributed by atoms with Gasteiger partial charge in [-0.15, -0.1) is 0 Å². The molecule has 1 heterocycles. The SMILES string of the molecule is COc1ccccc1C1C2=C(CC(C)(C)CC2=O)Oc2ccc3ccccc3c21. The summed E-state index contributed by atoms with van der Waals surface area (Å²) in [5, 5.41) is 2.26. The number of ketones is 1. The third-order valence-corrected chi connectivity index (χ3v) is 6.07. The first-order valence-corrected chi connectivity index (χ1v) is 10.1. The lowest BCUT2D eigenvalue weighted by atomic mass is 9.69. The van der Waals surface area contributed by atoms with Gasteiger partial charge in [-0.2, -0.15) is 0 Å². The molecule has 29 heavy (non-hydrogen) atoms. The van der Waals surface area contributed by atoms with Crippen molar-refractivity contribution >= 4 is 16.6 Å². The van der Waals surface area contributed by atoms with Crippen LogP contribution >= 0.6 is 0 Å². The van der Waals surface area contributed by atoms with Crippen LogP contribution in [0.4, 0.5) is 0 Å². The molecule has 0 fully saturated rings. The number of Topliss-reactive ketones (excluding diaryl/α,β-unsaturated/α-hetero) is 1. The Morgan fingerprint density at radius 3 is 2.55 bits per heavy atom. The second-order valence-corrected chi connectivity index (χ2v) is 8.75. The van der Waals surface area contributed by atoms with Crippen molar-refractivity contribution in [2.45, 2.75) is 32.6 Å². The van der Waals surface area contributed by atoms with Crippen molar-refractivity contribution in [3.8, 4) is 11.5 Å². The van der Waals surface area contributed by atoms with E-state index in [1.165, 1.54) is 0 Å². The van der Waals surface area contributed by atoms with Gasteiger partial charge >= 0.3 is 0 Å². The van der Waals surface area contributed by atoms with E-state index in [4.69, 9.17) is 9.47 Å². The zero-order valence-corrected chi connectivity index (χ0v) is 17.0. The van der Waals surface area contributed by atoms with Crippen molar-refractivity contribution in [1.29, 1.82) is 0 Å². The van der Waals surface area contributed by atoms with Crippen molar-refractivity contribution in [3.05, 3.63) is 83.1 Å². The predicted octanol–water partition coefficient (Wildman–Crippen LogP) is 6.02. The van der Waals surface area contributed by atoms with Crippen LogP contribution in [0.2, 0.25) is 0 Å². The van der Waals surface area contributed by atoms with E-state index in [1.807, 2.05) is 36.4 Å². The van der Waals surface area contributed by atoms with Gasteiger partial charge in [0.1, 0.15) is 17.3 Å². The number of carbonyl (C=O) groups is 1. The fourth-order valence-electron chi connectivity index (χ4n) is 4.85. The van der Waals surface area contributed by atoms with Crippen molar-refractivity contribution in [2.75, 3.05) is 7.11 Å². The van der Waals surface area contributed by atoms with E-state index in [1.54, 1.807) is 7.11 Å². The second-order valence-electron chi connectivity index (χ2n) is 8.75. The minimum Gasteiger partial charge on any atom is -0.496 e. The van der Waals surface area contributed by atoms with Gasteiger partial charge < -0.3 is 9.47 Å². The van der Waals surface area contributed by atoms with E-state index in [2.05, 4.69) is 38.1 Å². The summed E-state index contributed by atoms with van der Waals surface area (Å²) in [6.07, 6.45) is 1.28. The summed E-state index contributed by atoms with van der Waals surface area (Å²) in [7, 11) is 1.68. The van der Waals surface area contributed by atoms with Crippen molar-refractivity contribution < 1.29 is 14.3 Å². The molecule has 0 aromatic heterocycles. The molecule has 2 aliphatic rings. The summed E-state index contributed by atoms with van der Waals surface area (Å²) in [5.74, 6) is 2.42. The lowest BCUT2D eigenvalue weighted by molar-refractivity contribution is -0.118. The Balaban J connectivity index is 1.84. The maximum absolute atomic E-state index is 13.4. The Bertz CT molecular complexity index is 1170. The molecule has 146 valence electrons. The first-order valence-electron chi connectivity index (χ1n) is 10.1. The number of allylic oxidation sites excluding steroid dienone is 2. The molecule has 1 atom stereocenters. The molecule has 3 aromatic carbocycles. The average Bonchev–Trinajstić information content (AvgIpc) is 2.71. The molecule has 3 heteroatoms. The molecule has 0 saturated heterocycles. The molecule has 0 spiro atoms. The number of methoxy groups -OCH3 is 1. The molecule has 5 rings (SSSR count). The van der Waals surface area contributed by atoms with Crippen LogP contribution in [-0.4, -0.2) is 12.9 Å². The molecule has 1 aliphatic heterocycles. The van der Waals surface area contributed by atoms with Crippen LogP contribution in [0.15, 0.2) is 72.0 Å². The van der Waals surface area contributed by atoms with Gasteiger partial charge in [-0.05, 0) is 28.3 Å². The largest absolute Gasteiger partial charge is 0.496 e. The van der Waals surface area contributed by atoms with Gasteiger partial charge in [0.25, 0.3) is 0 Å². The Morgan fingerprint density at radius 1 is 0.966 bits per heavy atom. The van der Waals surface area contributed by atoms with Gasteiger partial charge in [0.15, 0.2) is 5.78 Å². The number of fused-ring (bicyclic) bond motifs is 3. The Kier molecular flexibility index (Phi) is 4.02. The van der Waals surface area contributed by atoms with E-state index in [0.717, 1.165) is 51.2 Å². The molecular weight excluding hydrogens is 360 g/mol. The van der Waals surface area contributed by atoms with Crippen LogP contribution in [-0.2, 0) is 4.79 Å². The number of benzene rings is 3. The minimum atomic E-state index is -0.195. The zero-order chi connectivity index (χ0) is 20.2. The smallest absolute Gasteiger partial charge is 0.163 e. The quantitative estimate of drug-likeness (QED) is 0.542. The van der Waals surface area contributed by atoms with Gasteiger partial charge in [-0.25, -0.2) is 0 Å². The monoisotopic (exact) mass is 384 g/mol. The molecule has 0 radical (unpaired) electrons. The highest BCUT2D eigenvalue weighted by atomic mass is 16.5. The lowest BCUT2D eigenvalue weighted by Gasteiger charge is -2.39. The zero-order valence-electron chi connectivity index (χ0n) is 17.0. The Labute approximate surface area is 171 Å². The van der Waals surface area contributed by atoms with Crippen LogP contribution in [0.5, 0.6) is 11.5 Å². The topological polar surface area (TPSA) is 35.5 Å². The summed E-state index contributed by atoms with van der Waals surface area (Å²) in [4.78, 5) is 13.4. The van der Waals surface area contributed by atoms with Crippen LogP contribution in [0.1, 0.15) is 43.7 Å². The van der Waals surface area contributed by atoms with Crippen LogP contribution < -0.4 is 9.47 Å². The van der Waals surface area contributed by atoms with E-state index in [9.17, 15) is 4.79 Å². The number of carbonyl (C=O) groups excluding carboxylic acids is 1. The van der Waals surface area contributed by atoms with E-state index in [0.29, 0.717) is 6.42 Å². The number of rotatable bonds is 2. The van der Waals surface area contributed by atoms with Crippen LogP contribution in [0.25, 0.3) is 10.8 Å². The summed E-state index contributed by atoms with van der Waals surface area (Å²) >= 11 is 0. The Hall–Kier alpha value is -3.07. The molecule has 1 aliphatic carbocycles. The second kappa shape index (κ2) is 6.48. The normalized spacial score (nSPS) is 20.1. The lowest BCUT2D eigenvalue weighted by Crippen LogP contribution is -2.33. The van der Waals surface area contributed by atoms with Gasteiger partial charge in [0.2, 0.25) is 0 Å². The van der Waals surface area contributed by atoms with Gasteiger partial charge in [0.05, 0.1) is 7.11 Å². The fraction of sp³-hybridized carbons (Fsp3) is 0.269. The molecule has 1 unspecified atom stereocenters. The van der Waals surface area contributed by atoms with Crippen molar-refractivity contribution in [2.24, 2.45) is 5.41 Å². The highest BCUT2D eigenvalue weighted by Gasteiger charge is 2.43. The predicted molar refractivity (Wildman–Crippen MR) is 114 cm³/mol. The number of ether oxygens (including phenoxy) is 2. The molecule has 0 N–H and O–H groups in total. The summed E-state index contributed by atoms with van der Waals surface area (Å²) in [6, 6.07) is 20.4. The van der Waals surface area contributed by atoms with Gasteiger partial charge in [-0.1, -0.05) is 62.4 Å². The molecule has 0 amide bonds. The maximum Gasteiger partial charge on any atom is 0.163 e. The summed E-state index contributed by atoms with van der Waals surface area (Å²) in [6.45, 7) is 4.26.